The predicted octanol–water partition coefficient (Wildman–Crippen LogP) is 5.91. The molecule has 0 bridgehead atoms. The molecular weight excluding hydrogens is 508 g/mol. The first-order valence-corrected chi connectivity index (χ1v) is 13.1. The summed E-state index contributed by atoms with van der Waals surface area (Å²) >= 11 is 6.45. The van der Waals surface area contributed by atoms with Gasteiger partial charge in [0.25, 0.3) is 0 Å². The van der Waals surface area contributed by atoms with Crippen LogP contribution in [0.2, 0.25) is 5.02 Å². The number of fused-ring (bicyclic) bond motifs is 3. The van der Waals surface area contributed by atoms with Gasteiger partial charge in [0, 0.05) is 52.0 Å². The molecule has 6 rings (SSSR count). The van der Waals surface area contributed by atoms with Gasteiger partial charge < -0.3 is 4.57 Å². The van der Waals surface area contributed by atoms with Crippen molar-refractivity contribution in [1.82, 2.24) is 4.57 Å². The number of nitrogens with zero attached hydrogens (tertiary/aromatic N) is 4. The maximum Gasteiger partial charge on any atom is 0.248 e. The Morgan fingerprint density at radius 1 is 1.03 bits per heavy atom. The smallest absolute Gasteiger partial charge is 0.248 e. The van der Waals surface area contributed by atoms with Gasteiger partial charge in [-0.05, 0) is 48.2 Å². The molecule has 0 saturated carbocycles. The Balaban J connectivity index is 1.81. The summed E-state index contributed by atoms with van der Waals surface area (Å²) in [4.78, 5) is 32.4. The van der Waals surface area contributed by atoms with E-state index in [9.17, 15) is 14.9 Å². The highest BCUT2D eigenvalue weighted by molar-refractivity contribution is 6.31. The van der Waals surface area contributed by atoms with Crippen molar-refractivity contribution in [3.63, 3.8) is 0 Å². The van der Waals surface area contributed by atoms with Crippen LogP contribution in [0.4, 0.5) is 11.4 Å². The van der Waals surface area contributed by atoms with E-state index >= 15 is 0 Å². The van der Waals surface area contributed by atoms with E-state index in [4.69, 9.17) is 18.0 Å². The van der Waals surface area contributed by atoms with Crippen molar-refractivity contribution in [2.75, 3.05) is 16.3 Å². The van der Waals surface area contributed by atoms with Gasteiger partial charge in [0.15, 0.2) is 5.78 Å². The second-order valence-electron chi connectivity index (χ2n) is 10.8. The maximum atomic E-state index is 14.7. The first kappa shape index (κ1) is 24.8. The number of para-hydroxylation sites is 1. The second-order valence-corrected chi connectivity index (χ2v) is 11.3. The summed E-state index contributed by atoms with van der Waals surface area (Å²) in [6, 6.07) is 20.8. The van der Waals surface area contributed by atoms with E-state index in [2.05, 4.69) is 12.0 Å². The van der Waals surface area contributed by atoms with Crippen LogP contribution in [0.15, 0.2) is 89.9 Å². The third-order valence-electron chi connectivity index (χ3n) is 7.75. The molecule has 1 amide bonds. The molecule has 1 aliphatic carbocycles. The first-order chi connectivity index (χ1) is 18.7. The second kappa shape index (κ2) is 8.76. The Labute approximate surface area is 232 Å². The number of rotatable bonds is 3. The number of carbonyl (C=O) groups is 2. The minimum absolute atomic E-state index is 0.0233. The van der Waals surface area contributed by atoms with E-state index < -0.39 is 5.41 Å². The highest BCUT2D eigenvalue weighted by Crippen LogP contribution is 2.59. The standard InChI is InChI=1S/C32H25ClN4O2/c1-4-14-36-25-13-6-5-12-23(25)32(30(36)39)24(20-34)29(35-15-7-8-16-35)37(22-11-9-10-21(33)17-22)26-18-31(2,3)19-27(38)28(26)32/h1,5-13,15-17H,14,18-19H2,2-3H3/t32-/m0/s1. The largest absolute Gasteiger partial charge is 0.309 e. The topological polar surface area (TPSA) is 69.3 Å². The Morgan fingerprint density at radius 2 is 1.77 bits per heavy atom. The molecule has 0 saturated heterocycles. The van der Waals surface area contributed by atoms with Gasteiger partial charge in [-0.15, -0.1) is 6.42 Å². The number of nitriles is 1. The van der Waals surface area contributed by atoms with E-state index in [0.717, 1.165) is 0 Å². The molecule has 6 nitrogen and oxygen atoms in total. The van der Waals surface area contributed by atoms with Crippen LogP contribution in [0.5, 0.6) is 0 Å². The lowest BCUT2D eigenvalue weighted by Gasteiger charge is -2.47. The fraction of sp³-hybridized carbons (Fsp3) is 0.219. The molecule has 2 aliphatic heterocycles. The minimum Gasteiger partial charge on any atom is -0.309 e. The third kappa shape index (κ3) is 3.42. The van der Waals surface area contributed by atoms with Gasteiger partial charge in [0.2, 0.25) is 5.91 Å². The van der Waals surface area contributed by atoms with E-state index in [1.54, 1.807) is 6.07 Å². The average Bonchev–Trinajstić information content (AvgIpc) is 3.51. The number of ketones is 1. The highest BCUT2D eigenvalue weighted by Gasteiger charge is 2.63. The van der Waals surface area contributed by atoms with E-state index in [-0.39, 0.29) is 35.6 Å². The van der Waals surface area contributed by atoms with Crippen LogP contribution in [0.3, 0.4) is 0 Å². The number of aromatic nitrogens is 1. The van der Waals surface area contributed by atoms with Crippen molar-refractivity contribution < 1.29 is 9.59 Å². The summed E-state index contributed by atoms with van der Waals surface area (Å²) in [5.74, 6) is 2.54. The lowest BCUT2D eigenvalue weighted by Crippen LogP contribution is -2.53. The van der Waals surface area contributed by atoms with Crippen molar-refractivity contribution in [2.45, 2.75) is 32.1 Å². The summed E-state index contributed by atoms with van der Waals surface area (Å²) < 4.78 is 1.83. The van der Waals surface area contributed by atoms with Crippen LogP contribution in [-0.4, -0.2) is 22.8 Å². The molecule has 1 aromatic heterocycles. The normalized spacial score (nSPS) is 21.7. The Kier molecular flexibility index (Phi) is 5.57. The van der Waals surface area contributed by atoms with Crippen LogP contribution in [-0.2, 0) is 15.0 Å². The number of Topliss-reactive ketones (excluding diaryl/α,β-unsaturated/α-hetero) is 1. The zero-order valence-corrected chi connectivity index (χ0v) is 22.4. The number of hydrogen-bond donors (Lipinski definition) is 0. The van der Waals surface area contributed by atoms with Gasteiger partial charge in [-0.25, -0.2) is 0 Å². The summed E-state index contributed by atoms with van der Waals surface area (Å²) in [6.45, 7) is 4.12. The van der Waals surface area contributed by atoms with Gasteiger partial charge in [-0.2, -0.15) is 5.26 Å². The fourth-order valence-electron chi connectivity index (χ4n) is 6.37. The van der Waals surface area contributed by atoms with Crippen LogP contribution >= 0.6 is 11.6 Å². The summed E-state index contributed by atoms with van der Waals surface area (Å²) in [7, 11) is 0. The Bertz CT molecular complexity index is 1700. The minimum atomic E-state index is -1.63. The lowest BCUT2D eigenvalue weighted by molar-refractivity contribution is -0.124. The third-order valence-corrected chi connectivity index (χ3v) is 7.98. The van der Waals surface area contributed by atoms with Crippen molar-refractivity contribution >= 4 is 40.5 Å². The lowest BCUT2D eigenvalue weighted by atomic mass is 9.60. The molecule has 0 fully saturated rings. The maximum absolute atomic E-state index is 14.7. The number of anilines is 2. The molecule has 3 aliphatic rings. The Hall–Kier alpha value is -4.52. The van der Waals surface area contributed by atoms with Gasteiger partial charge >= 0.3 is 0 Å². The van der Waals surface area contributed by atoms with Gasteiger partial charge in [0.1, 0.15) is 17.3 Å². The molecule has 1 spiro atoms. The first-order valence-electron chi connectivity index (χ1n) is 12.7. The zero-order chi connectivity index (χ0) is 27.5. The van der Waals surface area contributed by atoms with Crippen molar-refractivity contribution in [3.05, 3.63) is 100 Å². The number of terminal acetylenes is 1. The molecule has 0 N–H and O–H groups in total. The Morgan fingerprint density at radius 3 is 2.46 bits per heavy atom. The van der Waals surface area contributed by atoms with Crippen LogP contribution < -0.4 is 9.80 Å². The number of hydrogen-bond acceptors (Lipinski definition) is 4. The monoisotopic (exact) mass is 532 g/mol. The van der Waals surface area contributed by atoms with E-state index in [1.807, 2.05) is 90.3 Å². The number of amides is 1. The summed E-state index contributed by atoms with van der Waals surface area (Å²) in [5.41, 5.74) is 1.10. The van der Waals surface area contributed by atoms with E-state index in [0.29, 0.717) is 45.5 Å². The molecule has 3 heterocycles. The van der Waals surface area contributed by atoms with E-state index in [1.165, 1.54) is 4.90 Å². The molecular formula is C32H25ClN4O2. The fourth-order valence-corrected chi connectivity index (χ4v) is 6.55. The SMILES string of the molecule is C#CCN1C(=O)[C@]2(C(C#N)=C(n3cccc3)N(c3cccc(Cl)c3)C3=C2C(=O)CC(C)(C)C3)c2ccccc21. The average molecular weight is 533 g/mol. The predicted molar refractivity (Wildman–Crippen MR) is 152 cm³/mol. The van der Waals surface area contributed by atoms with Gasteiger partial charge in [-0.1, -0.05) is 55.6 Å². The molecule has 7 heteroatoms. The van der Waals surface area contributed by atoms with Crippen molar-refractivity contribution in [1.29, 1.82) is 5.26 Å². The number of allylic oxidation sites excluding steroid dienone is 1. The van der Waals surface area contributed by atoms with Gasteiger partial charge in [0.05, 0.1) is 12.1 Å². The van der Waals surface area contributed by atoms with Crippen LogP contribution in [0, 0.1) is 29.1 Å². The number of halogens is 1. The number of carbonyl (C=O) groups excluding carboxylic acids is 2. The molecule has 2 aromatic carbocycles. The molecule has 192 valence electrons. The molecule has 1 atom stereocenters. The van der Waals surface area contributed by atoms with Crippen LogP contribution in [0.25, 0.3) is 5.82 Å². The van der Waals surface area contributed by atoms with Crippen molar-refractivity contribution in [3.8, 4) is 18.4 Å². The van der Waals surface area contributed by atoms with Crippen LogP contribution in [0.1, 0.15) is 32.3 Å². The van der Waals surface area contributed by atoms with Gasteiger partial charge in [-0.3, -0.25) is 19.4 Å². The summed E-state index contributed by atoms with van der Waals surface area (Å²) in [6.07, 6.45) is 10.1. The quantitative estimate of drug-likeness (QED) is 0.393. The molecule has 0 unspecified atom stereocenters. The molecule has 3 aromatic rings. The highest BCUT2D eigenvalue weighted by atomic mass is 35.5. The number of benzene rings is 2. The van der Waals surface area contributed by atoms with Crippen molar-refractivity contribution in [2.24, 2.45) is 5.41 Å². The molecule has 39 heavy (non-hydrogen) atoms. The molecule has 0 radical (unpaired) electrons. The zero-order valence-electron chi connectivity index (χ0n) is 21.6. The summed E-state index contributed by atoms with van der Waals surface area (Å²) in [5, 5.41) is 11.4.